The molecule has 1 heterocycles. The SMILES string of the molecule is Cc1nc(-c2ccc(Br)cc2)c([N+](=O)[O-])cc1N. The number of halogens is 1. The maximum Gasteiger partial charge on any atom is 0.297 e. The molecule has 0 radical (unpaired) electrons. The van der Waals surface area contributed by atoms with Crippen molar-refractivity contribution in [1.82, 2.24) is 4.98 Å². The van der Waals surface area contributed by atoms with Crippen molar-refractivity contribution in [3.8, 4) is 11.3 Å². The van der Waals surface area contributed by atoms with Gasteiger partial charge in [-0.05, 0) is 19.1 Å². The zero-order valence-corrected chi connectivity index (χ0v) is 11.1. The normalized spacial score (nSPS) is 10.3. The van der Waals surface area contributed by atoms with Crippen LogP contribution >= 0.6 is 15.9 Å². The Labute approximate surface area is 112 Å². The summed E-state index contributed by atoms with van der Waals surface area (Å²) in [6.07, 6.45) is 0. The van der Waals surface area contributed by atoms with E-state index in [0.29, 0.717) is 22.6 Å². The fourth-order valence-corrected chi connectivity index (χ4v) is 1.83. The van der Waals surface area contributed by atoms with Gasteiger partial charge in [0.15, 0.2) is 0 Å². The highest BCUT2D eigenvalue weighted by molar-refractivity contribution is 9.10. The summed E-state index contributed by atoms with van der Waals surface area (Å²) in [7, 11) is 0. The van der Waals surface area contributed by atoms with E-state index in [-0.39, 0.29) is 5.69 Å². The molecule has 2 aromatic rings. The van der Waals surface area contributed by atoms with E-state index in [1.54, 1.807) is 19.1 Å². The molecule has 5 nitrogen and oxygen atoms in total. The molecule has 0 saturated heterocycles. The van der Waals surface area contributed by atoms with E-state index in [1.165, 1.54) is 6.07 Å². The number of hydrogen-bond acceptors (Lipinski definition) is 4. The second-order valence-corrected chi connectivity index (χ2v) is 4.71. The van der Waals surface area contributed by atoms with E-state index in [1.807, 2.05) is 12.1 Å². The Morgan fingerprint density at radius 3 is 2.50 bits per heavy atom. The van der Waals surface area contributed by atoms with Crippen molar-refractivity contribution in [1.29, 1.82) is 0 Å². The standard InChI is InChI=1S/C12H10BrN3O2/c1-7-10(14)6-11(16(17)18)12(15-7)8-2-4-9(13)5-3-8/h2-6H,14H2,1H3. The lowest BCUT2D eigenvalue weighted by atomic mass is 10.1. The van der Waals surface area contributed by atoms with Crippen molar-refractivity contribution < 1.29 is 4.92 Å². The molecule has 92 valence electrons. The Morgan fingerprint density at radius 2 is 1.94 bits per heavy atom. The largest absolute Gasteiger partial charge is 0.397 e. The first-order chi connectivity index (χ1) is 8.49. The number of aromatic nitrogens is 1. The number of hydrogen-bond donors (Lipinski definition) is 1. The van der Waals surface area contributed by atoms with Gasteiger partial charge in [-0.2, -0.15) is 0 Å². The highest BCUT2D eigenvalue weighted by atomic mass is 79.9. The first-order valence-corrected chi connectivity index (χ1v) is 5.96. The van der Waals surface area contributed by atoms with Crippen molar-refractivity contribution in [3.63, 3.8) is 0 Å². The second kappa shape index (κ2) is 4.73. The summed E-state index contributed by atoms with van der Waals surface area (Å²) in [5, 5.41) is 11.0. The lowest BCUT2D eigenvalue weighted by Crippen LogP contribution is -2.00. The van der Waals surface area contributed by atoms with E-state index < -0.39 is 4.92 Å². The van der Waals surface area contributed by atoms with Crippen LogP contribution in [-0.4, -0.2) is 9.91 Å². The zero-order chi connectivity index (χ0) is 13.3. The van der Waals surface area contributed by atoms with Gasteiger partial charge < -0.3 is 5.73 Å². The first-order valence-electron chi connectivity index (χ1n) is 5.16. The summed E-state index contributed by atoms with van der Waals surface area (Å²) < 4.78 is 0.904. The number of nitrogens with two attached hydrogens (primary N) is 1. The zero-order valence-electron chi connectivity index (χ0n) is 9.55. The maximum absolute atomic E-state index is 11.0. The van der Waals surface area contributed by atoms with Crippen LogP contribution in [-0.2, 0) is 0 Å². The van der Waals surface area contributed by atoms with E-state index in [2.05, 4.69) is 20.9 Å². The van der Waals surface area contributed by atoms with Gasteiger partial charge in [-0.1, -0.05) is 28.1 Å². The smallest absolute Gasteiger partial charge is 0.297 e. The van der Waals surface area contributed by atoms with Gasteiger partial charge in [0.2, 0.25) is 0 Å². The monoisotopic (exact) mass is 307 g/mol. The fraction of sp³-hybridized carbons (Fsp3) is 0.0833. The minimum atomic E-state index is -0.472. The van der Waals surface area contributed by atoms with Crippen LogP contribution in [0.15, 0.2) is 34.8 Å². The molecule has 0 spiro atoms. The van der Waals surface area contributed by atoms with E-state index in [4.69, 9.17) is 5.73 Å². The Hall–Kier alpha value is -1.95. The van der Waals surface area contributed by atoms with Crippen molar-refractivity contribution >= 4 is 27.3 Å². The number of nitrogen functional groups attached to an aromatic ring is 1. The molecule has 0 aliphatic rings. The van der Waals surface area contributed by atoms with Gasteiger partial charge >= 0.3 is 0 Å². The summed E-state index contributed by atoms with van der Waals surface area (Å²) in [6.45, 7) is 1.72. The van der Waals surface area contributed by atoms with Crippen LogP contribution in [0.4, 0.5) is 11.4 Å². The number of nitrogens with zero attached hydrogens (tertiary/aromatic N) is 2. The predicted molar refractivity (Wildman–Crippen MR) is 73.2 cm³/mol. The number of pyridine rings is 1. The fourth-order valence-electron chi connectivity index (χ4n) is 1.57. The lowest BCUT2D eigenvalue weighted by Gasteiger charge is -2.06. The summed E-state index contributed by atoms with van der Waals surface area (Å²) in [4.78, 5) is 14.8. The molecule has 1 aromatic heterocycles. The molecule has 0 aliphatic carbocycles. The summed E-state index contributed by atoms with van der Waals surface area (Å²) in [6, 6.07) is 8.52. The molecule has 2 N–H and O–H groups in total. The van der Waals surface area contributed by atoms with Crippen LogP contribution in [0.2, 0.25) is 0 Å². The Morgan fingerprint density at radius 1 is 1.33 bits per heavy atom. The molecule has 18 heavy (non-hydrogen) atoms. The van der Waals surface area contributed by atoms with Crippen molar-refractivity contribution in [2.45, 2.75) is 6.92 Å². The Bertz CT molecular complexity index is 611. The molecule has 6 heteroatoms. The molecular formula is C12H10BrN3O2. The van der Waals surface area contributed by atoms with Crippen LogP contribution in [0.1, 0.15) is 5.69 Å². The van der Waals surface area contributed by atoms with Gasteiger partial charge in [0.1, 0.15) is 5.69 Å². The average molecular weight is 308 g/mol. The van der Waals surface area contributed by atoms with Crippen molar-refractivity contribution in [3.05, 3.63) is 50.6 Å². The summed E-state index contributed by atoms with van der Waals surface area (Å²) >= 11 is 3.32. The number of rotatable bonds is 2. The molecule has 0 aliphatic heterocycles. The quantitative estimate of drug-likeness (QED) is 0.681. The first kappa shape index (κ1) is 12.5. The van der Waals surface area contributed by atoms with Crippen molar-refractivity contribution in [2.75, 3.05) is 5.73 Å². The predicted octanol–water partition coefficient (Wildman–Crippen LogP) is 3.31. The Balaban J connectivity index is 2.65. The topological polar surface area (TPSA) is 82.0 Å². The van der Waals surface area contributed by atoms with Crippen LogP contribution in [0.3, 0.4) is 0 Å². The van der Waals surface area contributed by atoms with E-state index in [0.717, 1.165) is 4.47 Å². The van der Waals surface area contributed by atoms with Crippen LogP contribution in [0, 0.1) is 17.0 Å². The van der Waals surface area contributed by atoms with Gasteiger partial charge in [-0.25, -0.2) is 4.98 Å². The minimum absolute atomic E-state index is 0.0829. The third-order valence-electron chi connectivity index (χ3n) is 2.55. The third-order valence-corrected chi connectivity index (χ3v) is 3.08. The second-order valence-electron chi connectivity index (χ2n) is 3.79. The maximum atomic E-state index is 11.0. The molecule has 0 atom stereocenters. The van der Waals surface area contributed by atoms with E-state index >= 15 is 0 Å². The summed E-state index contributed by atoms with van der Waals surface area (Å²) in [5.74, 6) is 0. The van der Waals surface area contributed by atoms with Gasteiger partial charge in [-0.3, -0.25) is 10.1 Å². The molecule has 0 bridgehead atoms. The van der Waals surface area contributed by atoms with Gasteiger partial charge in [0.25, 0.3) is 5.69 Å². The lowest BCUT2D eigenvalue weighted by molar-refractivity contribution is -0.384. The molecular weight excluding hydrogens is 298 g/mol. The van der Waals surface area contributed by atoms with E-state index in [9.17, 15) is 10.1 Å². The number of benzene rings is 1. The van der Waals surface area contributed by atoms with Crippen LogP contribution < -0.4 is 5.73 Å². The van der Waals surface area contributed by atoms with Crippen LogP contribution in [0.25, 0.3) is 11.3 Å². The molecule has 2 rings (SSSR count). The summed E-state index contributed by atoms with van der Waals surface area (Å²) in [5.41, 5.74) is 7.50. The highest BCUT2D eigenvalue weighted by Crippen LogP contribution is 2.31. The van der Waals surface area contributed by atoms with Gasteiger partial charge in [-0.15, -0.1) is 0 Å². The number of anilines is 1. The third kappa shape index (κ3) is 2.33. The molecule has 0 amide bonds. The Kier molecular flexibility index (Phi) is 3.29. The molecule has 0 fully saturated rings. The molecule has 0 unspecified atom stereocenters. The number of aryl methyl sites for hydroxylation is 1. The highest BCUT2D eigenvalue weighted by Gasteiger charge is 2.18. The number of nitro groups is 1. The van der Waals surface area contributed by atoms with Gasteiger partial charge in [0, 0.05) is 16.1 Å². The molecule has 0 saturated carbocycles. The van der Waals surface area contributed by atoms with Gasteiger partial charge in [0.05, 0.1) is 16.3 Å². The van der Waals surface area contributed by atoms with Crippen molar-refractivity contribution in [2.24, 2.45) is 0 Å². The van der Waals surface area contributed by atoms with Crippen LogP contribution in [0.5, 0.6) is 0 Å². The molecule has 1 aromatic carbocycles. The minimum Gasteiger partial charge on any atom is -0.397 e. The average Bonchev–Trinajstić information content (AvgIpc) is 2.33.